The monoisotopic (exact) mass is 327 g/mol. The summed E-state index contributed by atoms with van der Waals surface area (Å²) in [6, 6.07) is 13.6. The topological polar surface area (TPSA) is 55.5 Å². The Labute approximate surface area is 142 Å². The lowest BCUT2D eigenvalue weighted by atomic mass is 10.2. The fourth-order valence-electron chi connectivity index (χ4n) is 2.78. The number of nitrogens with one attached hydrogen (secondary N) is 1. The van der Waals surface area contributed by atoms with Crippen LogP contribution >= 0.6 is 0 Å². The SMILES string of the molecule is COc1cccc(C=Nc2ccc(C[NH+]3CCOCC3)cc2)c1O. The molecule has 126 valence electrons. The minimum absolute atomic E-state index is 0.108. The summed E-state index contributed by atoms with van der Waals surface area (Å²) in [5.41, 5.74) is 2.80. The molecule has 0 amide bonds. The third-order valence-corrected chi connectivity index (χ3v) is 4.19. The van der Waals surface area contributed by atoms with Gasteiger partial charge in [-0.1, -0.05) is 18.2 Å². The van der Waals surface area contributed by atoms with E-state index in [1.807, 2.05) is 18.2 Å². The van der Waals surface area contributed by atoms with Crippen LogP contribution in [0.4, 0.5) is 5.69 Å². The minimum atomic E-state index is 0.108. The molecule has 1 aliphatic rings. The molecule has 24 heavy (non-hydrogen) atoms. The quantitative estimate of drug-likeness (QED) is 0.820. The standard InChI is InChI=1S/C19H22N2O3/c1-23-18-4-2-3-16(19(18)22)13-20-17-7-5-15(6-8-17)14-21-9-11-24-12-10-21/h2-8,13,22H,9-12,14H2,1H3/p+1. The Hall–Kier alpha value is -2.37. The first kappa shape index (κ1) is 16.5. The van der Waals surface area contributed by atoms with E-state index < -0.39 is 0 Å². The Morgan fingerprint density at radius 3 is 2.62 bits per heavy atom. The average molecular weight is 327 g/mol. The molecule has 1 fully saturated rings. The number of nitrogens with zero attached hydrogens (tertiary/aromatic N) is 1. The van der Waals surface area contributed by atoms with Crippen LogP contribution in [0.5, 0.6) is 11.5 Å². The van der Waals surface area contributed by atoms with E-state index in [0.29, 0.717) is 11.3 Å². The number of hydrogen-bond acceptors (Lipinski definition) is 4. The highest BCUT2D eigenvalue weighted by molar-refractivity contribution is 5.86. The minimum Gasteiger partial charge on any atom is -0.504 e. The van der Waals surface area contributed by atoms with Gasteiger partial charge in [0.25, 0.3) is 0 Å². The second-order valence-electron chi connectivity index (χ2n) is 5.86. The predicted molar refractivity (Wildman–Crippen MR) is 93.6 cm³/mol. The lowest BCUT2D eigenvalue weighted by molar-refractivity contribution is -0.921. The summed E-state index contributed by atoms with van der Waals surface area (Å²) >= 11 is 0. The molecule has 1 aliphatic heterocycles. The Morgan fingerprint density at radius 1 is 1.17 bits per heavy atom. The molecule has 5 nitrogen and oxygen atoms in total. The van der Waals surface area contributed by atoms with Gasteiger partial charge in [0.1, 0.15) is 19.6 Å². The number of hydrogen-bond donors (Lipinski definition) is 2. The van der Waals surface area contributed by atoms with Crippen molar-refractivity contribution in [3.63, 3.8) is 0 Å². The molecular weight excluding hydrogens is 304 g/mol. The molecule has 0 radical (unpaired) electrons. The maximum atomic E-state index is 10.1. The molecule has 0 bridgehead atoms. The van der Waals surface area contributed by atoms with E-state index in [2.05, 4.69) is 17.1 Å². The Kier molecular flexibility index (Phi) is 5.46. The molecule has 0 aliphatic carbocycles. The largest absolute Gasteiger partial charge is 0.504 e. The van der Waals surface area contributed by atoms with Gasteiger partial charge in [0.15, 0.2) is 11.5 Å². The third-order valence-electron chi connectivity index (χ3n) is 4.19. The zero-order valence-electron chi connectivity index (χ0n) is 13.9. The molecule has 5 heteroatoms. The van der Waals surface area contributed by atoms with Crippen molar-refractivity contribution in [2.75, 3.05) is 33.4 Å². The van der Waals surface area contributed by atoms with Gasteiger partial charge in [-0.25, -0.2) is 0 Å². The molecule has 0 atom stereocenters. The first-order valence-corrected chi connectivity index (χ1v) is 8.16. The summed E-state index contributed by atoms with van der Waals surface area (Å²) in [5, 5.41) is 10.1. The second kappa shape index (κ2) is 7.95. The van der Waals surface area contributed by atoms with E-state index in [9.17, 15) is 5.11 Å². The van der Waals surface area contributed by atoms with Gasteiger partial charge in [-0.2, -0.15) is 0 Å². The molecule has 0 saturated carbocycles. The summed E-state index contributed by atoms with van der Waals surface area (Å²) in [6.07, 6.45) is 1.65. The van der Waals surface area contributed by atoms with Gasteiger partial charge < -0.3 is 19.5 Å². The van der Waals surface area contributed by atoms with Crippen LogP contribution in [0.25, 0.3) is 0 Å². The number of benzene rings is 2. The maximum Gasteiger partial charge on any atom is 0.166 e. The van der Waals surface area contributed by atoms with E-state index in [4.69, 9.17) is 9.47 Å². The third kappa shape index (κ3) is 4.13. The highest BCUT2D eigenvalue weighted by Crippen LogP contribution is 2.28. The van der Waals surface area contributed by atoms with Gasteiger partial charge in [0.05, 0.1) is 26.0 Å². The van der Waals surface area contributed by atoms with E-state index in [1.54, 1.807) is 23.2 Å². The second-order valence-corrected chi connectivity index (χ2v) is 5.86. The van der Waals surface area contributed by atoms with Crippen molar-refractivity contribution in [2.45, 2.75) is 6.54 Å². The molecule has 2 N–H and O–H groups in total. The highest BCUT2D eigenvalue weighted by Gasteiger charge is 2.13. The molecule has 1 saturated heterocycles. The van der Waals surface area contributed by atoms with Gasteiger partial charge in [-0.15, -0.1) is 0 Å². The molecule has 2 aromatic carbocycles. The van der Waals surface area contributed by atoms with Crippen molar-refractivity contribution in [3.05, 3.63) is 53.6 Å². The number of morpholine rings is 1. The first-order valence-electron chi connectivity index (χ1n) is 8.16. The number of phenolic OH excluding ortho intramolecular Hbond substituents is 1. The normalized spacial score (nSPS) is 15.7. The van der Waals surface area contributed by atoms with Crippen LogP contribution in [0.2, 0.25) is 0 Å². The number of quaternary nitrogens is 1. The van der Waals surface area contributed by atoms with Gasteiger partial charge in [-0.3, -0.25) is 4.99 Å². The van der Waals surface area contributed by atoms with Gasteiger partial charge in [-0.05, 0) is 24.3 Å². The van der Waals surface area contributed by atoms with E-state index >= 15 is 0 Å². The van der Waals surface area contributed by atoms with Crippen molar-refractivity contribution in [2.24, 2.45) is 4.99 Å². The number of aliphatic imine (C=N–C) groups is 1. The first-order chi connectivity index (χ1) is 11.8. The summed E-state index contributed by atoms with van der Waals surface area (Å²) in [7, 11) is 1.53. The van der Waals surface area contributed by atoms with Crippen LogP contribution in [0.15, 0.2) is 47.5 Å². The van der Waals surface area contributed by atoms with Crippen molar-refractivity contribution in [3.8, 4) is 11.5 Å². The zero-order chi connectivity index (χ0) is 16.8. The van der Waals surface area contributed by atoms with Crippen LogP contribution in [0.1, 0.15) is 11.1 Å². The van der Waals surface area contributed by atoms with Gasteiger partial charge >= 0.3 is 0 Å². The van der Waals surface area contributed by atoms with E-state index in [0.717, 1.165) is 38.5 Å². The number of phenols is 1. The maximum absolute atomic E-state index is 10.1. The highest BCUT2D eigenvalue weighted by atomic mass is 16.5. The summed E-state index contributed by atoms with van der Waals surface area (Å²) in [5.74, 6) is 0.555. The van der Waals surface area contributed by atoms with Crippen LogP contribution in [-0.4, -0.2) is 44.7 Å². The number of aromatic hydroxyl groups is 1. The van der Waals surface area contributed by atoms with Crippen molar-refractivity contribution < 1.29 is 19.5 Å². The molecule has 3 rings (SSSR count). The van der Waals surface area contributed by atoms with Crippen LogP contribution in [-0.2, 0) is 11.3 Å². The Bertz CT molecular complexity index is 692. The van der Waals surface area contributed by atoms with Crippen LogP contribution in [0, 0.1) is 0 Å². The lowest BCUT2D eigenvalue weighted by Crippen LogP contribution is -3.12. The molecule has 0 spiro atoms. The summed E-state index contributed by atoms with van der Waals surface area (Å²) in [4.78, 5) is 5.99. The molecular formula is C19H23N2O3+. The number of ether oxygens (including phenoxy) is 2. The predicted octanol–water partition coefficient (Wildman–Crippen LogP) is 1.57. The van der Waals surface area contributed by atoms with Gasteiger partial charge in [0, 0.05) is 17.3 Å². The molecule has 0 aromatic heterocycles. The summed E-state index contributed by atoms with van der Waals surface area (Å²) < 4.78 is 10.5. The van der Waals surface area contributed by atoms with Crippen molar-refractivity contribution in [1.29, 1.82) is 0 Å². The van der Waals surface area contributed by atoms with Crippen LogP contribution < -0.4 is 9.64 Å². The molecule has 0 unspecified atom stereocenters. The number of methoxy groups -OCH3 is 1. The van der Waals surface area contributed by atoms with Crippen molar-refractivity contribution >= 4 is 11.9 Å². The number of rotatable bonds is 5. The molecule has 1 heterocycles. The van der Waals surface area contributed by atoms with Gasteiger partial charge in [0.2, 0.25) is 0 Å². The smallest absolute Gasteiger partial charge is 0.166 e. The molecule has 2 aromatic rings. The van der Waals surface area contributed by atoms with E-state index in [1.165, 1.54) is 12.7 Å². The zero-order valence-corrected chi connectivity index (χ0v) is 13.9. The fourth-order valence-corrected chi connectivity index (χ4v) is 2.78. The fraction of sp³-hybridized carbons (Fsp3) is 0.316. The Balaban J connectivity index is 1.65. The van der Waals surface area contributed by atoms with Crippen molar-refractivity contribution in [1.82, 2.24) is 0 Å². The average Bonchev–Trinajstić information content (AvgIpc) is 2.63. The lowest BCUT2D eigenvalue weighted by Gasteiger charge is -2.23. The Morgan fingerprint density at radius 2 is 1.92 bits per heavy atom. The number of para-hydroxylation sites is 1. The van der Waals surface area contributed by atoms with Crippen LogP contribution in [0.3, 0.4) is 0 Å². The van der Waals surface area contributed by atoms with E-state index in [-0.39, 0.29) is 5.75 Å². The summed E-state index contributed by atoms with van der Waals surface area (Å²) in [6.45, 7) is 4.84.